The van der Waals surface area contributed by atoms with Gasteiger partial charge in [0, 0.05) is 12.6 Å². The molecule has 0 radical (unpaired) electrons. The molecule has 0 saturated heterocycles. The molecule has 2 nitrogen and oxygen atoms in total. The van der Waals surface area contributed by atoms with E-state index in [-0.39, 0.29) is 0 Å². The van der Waals surface area contributed by atoms with Crippen LogP contribution in [0.3, 0.4) is 0 Å². The minimum Gasteiger partial charge on any atom is -0.378 e. The second kappa shape index (κ2) is 7.24. The van der Waals surface area contributed by atoms with Gasteiger partial charge in [-0.3, -0.25) is 0 Å². The quantitative estimate of drug-likeness (QED) is 0.732. The molecule has 0 aliphatic heterocycles. The maximum atomic E-state index is 5.97. The van der Waals surface area contributed by atoms with Gasteiger partial charge in [-0.2, -0.15) is 0 Å². The van der Waals surface area contributed by atoms with Crippen molar-refractivity contribution in [3.8, 4) is 0 Å². The SMILES string of the molecule is CCNC(C)CCOC1CCCCC1C. The van der Waals surface area contributed by atoms with E-state index in [9.17, 15) is 0 Å². The summed E-state index contributed by atoms with van der Waals surface area (Å²) in [5.41, 5.74) is 0. The van der Waals surface area contributed by atoms with Gasteiger partial charge in [-0.15, -0.1) is 0 Å². The van der Waals surface area contributed by atoms with Gasteiger partial charge in [-0.1, -0.05) is 26.7 Å². The molecule has 0 heterocycles. The summed E-state index contributed by atoms with van der Waals surface area (Å²) in [6, 6.07) is 0.592. The first-order valence-electron chi connectivity index (χ1n) is 6.59. The van der Waals surface area contributed by atoms with Crippen molar-refractivity contribution in [1.82, 2.24) is 5.32 Å². The van der Waals surface area contributed by atoms with Gasteiger partial charge in [-0.05, 0) is 38.6 Å². The summed E-state index contributed by atoms with van der Waals surface area (Å²) in [7, 11) is 0. The first-order valence-corrected chi connectivity index (χ1v) is 6.59. The maximum Gasteiger partial charge on any atom is 0.0600 e. The summed E-state index contributed by atoms with van der Waals surface area (Å²) in [4.78, 5) is 0. The highest BCUT2D eigenvalue weighted by atomic mass is 16.5. The van der Waals surface area contributed by atoms with Crippen molar-refractivity contribution in [2.75, 3.05) is 13.2 Å². The molecule has 2 heteroatoms. The highest BCUT2D eigenvalue weighted by molar-refractivity contribution is 4.72. The van der Waals surface area contributed by atoms with E-state index >= 15 is 0 Å². The Morgan fingerprint density at radius 3 is 2.73 bits per heavy atom. The van der Waals surface area contributed by atoms with E-state index in [0.717, 1.165) is 25.5 Å². The van der Waals surface area contributed by atoms with Crippen LogP contribution >= 0.6 is 0 Å². The van der Waals surface area contributed by atoms with Gasteiger partial charge in [-0.25, -0.2) is 0 Å². The normalized spacial score (nSPS) is 29.0. The fourth-order valence-corrected chi connectivity index (χ4v) is 2.38. The van der Waals surface area contributed by atoms with Crippen LogP contribution < -0.4 is 5.32 Å². The molecule has 0 aromatic heterocycles. The summed E-state index contributed by atoms with van der Waals surface area (Å²) in [5.74, 6) is 0.771. The zero-order valence-electron chi connectivity index (χ0n) is 10.6. The van der Waals surface area contributed by atoms with Crippen LogP contribution in [-0.2, 0) is 4.74 Å². The minimum absolute atomic E-state index is 0.535. The number of hydrogen-bond donors (Lipinski definition) is 1. The van der Waals surface area contributed by atoms with Gasteiger partial charge in [0.1, 0.15) is 0 Å². The first kappa shape index (κ1) is 13.0. The fourth-order valence-electron chi connectivity index (χ4n) is 2.38. The Morgan fingerprint density at radius 1 is 1.33 bits per heavy atom. The van der Waals surface area contributed by atoms with Crippen LogP contribution in [0.1, 0.15) is 52.9 Å². The number of rotatable bonds is 6. The van der Waals surface area contributed by atoms with Crippen molar-refractivity contribution in [2.45, 2.75) is 65.0 Å². The van der Waals surface area contributed by atoms with E-state index in [2.05, 4.69) is 26.1 Å². The van der Waals surface area contributed by atoms with Crippen LogP contribution in [0.15, 0.2) is 0 Å². The van der Waals surface area contributed by atoms with Gasteiger partial charge in [0.05, 0.1) is 6.10 Å². The van der Waals surface area contributed by atoms with Crippen LogP contribution in [0.4, 0.5) is 0 Å². The molecule has 3 atom stereocenters. The van der Waals surface area contributed by atoms with Crippen LogP contribution in [0.2, 0.25) is 0 Å². The van der Waals surface area contributed by atoms with E-state index in [1.165, 1.54) is 25.7 Å². The predicted molar refractivity (Wildman–Crippen MR) is 65.1 cm³/mol. The largest absolute Gasteiger partial charge is 0.378 e. The van der Waals surface area contributed by atoms with Crippen LogP contribution in [0, 0.1) is 5.92 Å². The molecule has 1 aliphatic rings. The molecule has 0 bridgehead atoms. The van der Waals surface area contributed by atoms with Gasteiger partial charge in [0.2, 0.25) is 0 Å². The molecule has 1 rings (SSSR count). The number of nitrogens with one attached hydrogen (secondary N) is 1. The maximum absolute atomic E-state index is 5.97. The third kappa shape index (κ3) is 4.98. The van der Waals surface area contributed by atoms with Crippen molar-refractivity contribution in [3.63, 3.8) is 0 Å². The number of ether oxygens (including phenoxy) is 1. The lowest BCUT2D eigenvalue weighted by molar-refractivity contribution is -0.00811. The molecule has 1 saturated carbocycles. The highest BCUT2D eigenvalue weighted by Crippen LogP contribution is 2.26. The fraction of sp³-hybridized carbons (Fsp3) is 1.00. The third-order valence-electron chi connectivity index (χ3n) is 3.47. The molecule has 15 heavy (non-hydrogen) atoms. The second-order valence-corrected chi connectivity index (χ2v) is 4.92. The summed E-state index contributed by atoms with van der Waals surface area (Å²) < 4.78 is 5.97. The lowest BCUT2D eigenvalue weighted by atomic mass is 9.88. The van der Waals surface area contributed by atoms with Crippen LogP contribution in [0.25, 0.3) is 0 Å². The zero-order chi connectivity index (χ0) is 11.1. The van der Waals surface area contributed by atoms with Crippen LogP contribution in [-0.4, -0.2) is 25.3 Å². The smallest absolute Gasteiger partial charge is 0.0600 e. The Morgan fingerprint density at radius 2 is 2.07 bits per heavy atom. The standard InChI is InChI=1S/C13H27NO/c1-4-14-12(3)9-10-15-13-8-6-5-7-11(13)2/h11-14H,4-10H2,1-3H3. The molecule has 3 unspecified atom stereocenters. The number of hydrogen-bond acceptors (Lipinski definition) is 2. The van der Waals surface area contributed by atoms with Crippen molar-refractivity contribution in [2.24, 2.45) is 5.92 Å². The topological polar surface area (TPSA) is 21.3 Å². The first-order chi connectivity index (χ1) is 7.24. The molecule has 0 amide bonds. The average molecular weight is 213 g/mol. The Bertz CT molecular complexity index is 161. The van der Waals surface area contributed by atoms with E-state index in [1.807, 2.05) is 0 Å². The Labute approximate surface area is 94.8 Å². The molecule has 90 valence electrons. The minimum atomic E-state index is 0.535. The monoisotopic (exact) mass is 213 g/mol. The van der Waals surface area contributed by atoms with Crippen molar-refractivity contribution in [1.29, 1.82) is 0 Å². The molecular weight excluding hydrogens is 186 g/mol. The van der Waals surface area contributed by atoms with Crippen molar-refractivity contribution < 1.29 is 4.74 Å². The molecule has 1 aliphatic carbocycles. The van der Waals surface area contributed by atoms with Gasteiger partial charge in [0.25, 0.3) is 0 Å². The molecule has 0 spiro atoms. The average Bonchev–Trinajstić information content (AvgIpc) is 2.21. The van der Waals surface area contributed by atoms with Gasteiger partial charge < -0.3 is 10.1 Å². The van der Waals surface area contributed by atoms with E-state index in [0.29, 0.717) is 12.1 Å². The van der Waals surface area contributed by atoms with E-state index in [4.69, 9.17) is 4.74 Å². The molecular formula is C13H27NO. The van der Waals surface area contributed by atoms with Crippen molar-refractivity contribution in [3.05, 3.63) is 0 Å². The lowest BCUT2D eigenvalue weighted by Gasteiger charge is -2.29. The summed E-state index contributed by atoms with van der Waals surface area (Å²) in [5, 5.41) is 3.41. The third-order valence-corrected chi connectivity index (χ3v) is 3.47. The van der Waals surface area contributed by atoms with E-state index in [1.54, 1.807) is 0 Å². The van der Waals surface area contributed by atoms with Crippen LogP contribution in [0.5, 0.6) is 0 Å². The lowest BCUT2D eigenvalue weighted by Crippen LogP contribution is -2.30. The molecule has 1 fully saturated rings. The Kier molecular flexibility index (Phi) is 6.26. The summed E-state index contributed by atoms with van der Waals surface area (Å²) in [6.45, 7) is 8.69. The van der Waals surface area contributed by atoms with Gasteiger partial charge >= 0.3 is 0 Å². The Balaban J connectivity index is 2.08. The zero-order valence-corrected chi connectivity index (χ0v) is 10.6. The summed E-state index contributed by atoms with van der Waals surface area (Å²) >= 11 is 0. The van der Waals surface area contributed by atoms with Gasteiger partial charge in [0.15, 0.2) is 0 Å². The molecule has 0 aromatic rings. The Hall–Kier alpha value is -0.0800. The van der Waals surface area contributed by atoms with Crippen molar-refractivity contribution >= 4 is 0 Å². The molecule has 1 N–H and O–H groups in total. The molecule has 0 aromatic carbocycles. The second-order valence-electron chi connectivity index (χ2n) is 4.92. The van der Waals surface area contributed by atoms with E-state index < -0.39 is 0 Å². The highest BCUT2D eigenvalue weighted by Gasteiger charge is 2.21. The predicted octanol–water partition coefficient (Wildman–Crippen LogP) is 2.97. The summed E-state index contributed by atoms with van der Waals surface area (Å²) in [6.07, 6.45) is 7.06.